The molecule has 0 amide bonds. The van der Waals surface area contributed by atoms with Gasteiger partial charge < -0.3 is 29.4 Å². The molecule has 1 unspecified atom stereocenters. The van der Waals surface area contributed by atoms with Crippen LogP contribution in [0, 0.1) is 0 Å². The number of para-hydroxylation sites is 2. The number of benzene rings is 1. The molecule has 33 heavy (non-hydrogen) atoms. The minimum atomic E-state index is 0. The average Bonchev–Trinajstić information content (AvgIpc) is 3.52. The highest BCUT2D eigenvalue weighted by atomic mass is 127. The van der Waals surface area contributed by atoms with Crippen LogP contribution in [0.5, 0.6) is 5.75 Å². The van der Waals surface area contributed by atoms with Crippen LogP contribution in [-0.4, -0.2) is 83.0 Å². The van der Waals surface area contributed by atoms with E-state index in [0.717, 1.165) is 95.0 Å². The number of aliphatic imine (C=N–C) groups is 1. The number of furan rings is 1. The summed E-state index contributed by atoms with van der Waals surface area (Å²) < 4.78 is 16.5. The molecule has 0 radical (unpaired) electrons. The minimum absolute atomic E-state index is 0. The van der Waals surface area contributed by atoms with E-state index in [1.54, 1.807) is 13.4 Å². The number of nitrogens with one attached hydrogen (secondary N) is 2. The van der Waals surface area contributed by atoms with Gasteiger partial charge in [0.25, 0.3) is 0 Å². The molecule has 0 saturated carbocycles. The lowest BCUT2D eigenvalue weighted by atomic mass is 10.2. The number of hydrogen-bond acceptors (Lipinski definition) is 6. The maximum absolute atomic E-state index is 5.55. The molecular weight excluding hydrogens is 533 g/mol. The first-order valence-corrected chi connectivity index (χ1v) is 11.6. The highest BCUT2D eigenvalue weighted by molar-refractivity contribution is 14.0. The predicted molar refractivity (Wildman–Crippen MR) is 142 cm³/mol. The van der Waals surface area contributed by atoms with Gasteiger partial charge in [0.15, 0.2) is 5.96 Å². The third kappa shape index (κ3) is 7.79. The van der Waals surface area contributed by atoms with E-state index in [-0.39, 0.29) is 24.0 Å². The molecule has 2 saturated heterocycles. The molecule has 0 bridgehead atoms. The van der Waals surface area contributed by atoms with E-state index in [0.29, 0.717) is 6.04 Å². The van der Waals surface area contributed by atoms with Crippen LogP contribution >= 0.6 is 24.0 Å². The van der Waals surface area contributed by atoms with Crippen molar-refractivity contribution >= 4 is 35.6 Å². The first kappa shape index (κ1) is 25.6. The molecule has 2 aliphatic rings. The summed E-state index contributed by atoms with van der Waals surface area (Å²) in [6, 6.07) is 12.5. The maximum atomic E-state index is 5.55. The standard InChI is InChI=1S/C24H35N5O3.HI/c1-30-23-7-3-2-6-22(23)29-12-9-20(19-29)27-24(25-10-8-21-5-4-16-32-21)26-11-13-28-14-17-31-18-15-28;/h2-7,16,20H,8-15,17-19H2,1H3,(H2,25,26,27);1H. The summed E-state index contributed by atoms with van der Waals surface area (Å²) in [6.07, 6.45) is 3.60. The van der Waals surface area contributed by atoms with Gasteiger partial charge in [0.05, 0.1) is 38.8 Å². The SMILES string of the molecule is COc1ccccc1N1CCC(NC(=NCCN2CCOCC2)NCCc2ccco2)C1.I. The van der Waals surface area contributed by atoms with Crippen molar-refractivity contribution in [3.05, 3.63) is 48.4 Å². The highest BCUT2D eigenvalue weighted by Crippen LogP contribution is 2.30. The lowest BCUT2D eigenvalue weighted by Gasteiger charge is -2.26. The van der Waals surface area contributed by atoms with E-state index in [1.807, 2.05) is 24.3 Å². The second-order valence-electron chi connectivity index (χ2n) is 8.19. The van der Waals surface area contributed by atoms with Crippen molar-refractivity contribution in [2.75, 3.05) is 71.0 Å². The molecule has 2 N–H and O–H groups in total. The van der Waals surface area contributed by atoms with E-state index < -0.39 is 0 Å². The summed E-state index contributed by atoms with van der Waals surface area (Å²) in [6.45, 7) is 8.01. The number of anilines is 1. The number of ether oxygens (including phenoxy) is 2. The molecule has 3 heterocycles. The summed E-state index contributed by atoms with van der Waals surface area (Å²) in [5.74, 6) is 2.77. The van der Waals surface area contributed by atoms with Gasteiger partial charge in [-0.05, 0) is 30.7 Å². The summed E-state index contributed by atoms with van der Waals surface area (Å²) in [5, 5.41) is 7.15. The van der Waals surface area contributed by atoms with Gasteiger partial charge >= 0.3 is 0 Å². The largest absolute Gasteiger partial charge is 0.495 e. The van der Waals surface area contributed by atoms with E-state index in [4.69, 9.17) is 18.9 Å². The molecule has 1 aromatic heterocycles. The topological polar surface area (TPSA) is 74.5 Å². The van der Waals surface area contributed by atoms with E-state index >= 15 is 0 Å². The van der Waals surface area contributed by atoms with Crippen LogP contribution in [0.4, 0.5) is 5.69 Å². The Balaban J connectivity index is 0.00000306. The third-order valence-electron chi connectivity index (χ3n) is 5.99. The Kier molecular flexibility index (Phi) is 10.6. The Bertz CT molecular complexity index is 842. The Hall–Kier alpha value is -1.98. The zero-order valence-corrected chi connectivity index (χ0v) is 21.7. The van der Waals surface area contributed by atoms with E-state index in [2.05, 4.69) is 32.6 Å². The van der Waals surface area contributed by atoms with Crippen molar-refractivity contribution in [3.8, 4) is 5.75 Å². The van der Waals surface area contributed by atoms with Gasteiger partial charge in [0.2, 0.25) is 0 Å². The van der Waals surface area contributed by atoms with Gasteiger partial charge in [-0.15, -0.1) is 24.0 Å². The number of hydrogen-bond donors (Lipinski definition) is 2. The van der Waals surface area contributed by atoms with Crippen LogP contribution in [0.15, 0.2) is 52.1 Å². The first-order chi connectivity index (χ1) is 15.8. The van der Waals surface area contributed by atoms with Gasteiger partial charge in [-0.25, -0.2) is 0 Å². The van der Waals surface area contributed by atoms with Gasteiger partial charge in [0, 0.05) is 51.7 Å². The molecule has 1 atom stereocenters. The highest BCUT2D eigenvalue weighted by Gasteiger charge is 2.25. The molecule has 2 aliphatic heterocycles. The Labute approximate surface area is 213 Å². The number of morpholine rings is 1. The number of methoxy groups -OCH3 is 1. The van der Waals surface area contributed by atoms with Crippen LogP contribution < -0.4 is 20.3 Å². The van der Waals surface area contributed by atoms with Gasteiger partial charge in [-0.1, -0.05) is 12.1 Å². The molecule has 9 heteroatoms. The molecule has 2 aromatic rings. The maximum Gasteiger partial charge on any atom is 0.191 e. The van der Waals surface area contributed by atoms with Crippen molar-refractivity contribution in [1.82, 2.24) is 15.5 Å². The zero-order chi connectivity index (χ0) is 22.0. The van der Waals surface area contributed by atoms with E-state index in [9.17, 15) is 0 Å². The van der Waals surface area contributed by atoms with Gasteiger partial charge in [-0.3, -0.25) is 9.89 Å². The fourth-order valence-electron chi connectivity index (χ4n) is 4.22. The Morgan fingerprint density at radius 2 is 2.00 bits per heavy atom. The molecule has 8 nitrogen and oxygen atoms in total. The van der Waals surface area contributed by atoms with Crippen molar-refractivity contribution in [2.45, 2.75) is 18.9 Å². The molecule has 0 spiro atoms. The summed E-state index contributed by atoms with van der Waals surface area (Å²) in [5.41, 5.74) is 1.15. The molecule has 2 fully saturated rings. The number of nitrogens with zero attached hydrogens (tertiary/aromatic N) is 3. The summed E-state index contributed by atoms with van der Waals surface area (Å²) in [7, 11) is 1.73. The molecule has 0 aliphatic carbocycles. The second-order valence-corrected chi connectivity index (χ2v) is 8.19. The lowest BCUT2D eigenvalue weighted by molar-refractivity contribution is 0.0394. The fraction of sp³-hybridized carbons (Fsp3) is 0.542. The minimum Gasteiger partial charge on any atom is -0.495 e. The van der Waals surface area contributed by atoms with Crippen LogP contribution in [-0.2, 0) is 11.2 Å². The number of rotatable bonds is 9. The smallest absolute Gasteiger partial charge is 0.191 e. The molecule has 1 aromatic carbocycles. The van der Waals surface area contributed by atoms with Crippen LogP contribution in [0.25, 0.3) is 0 Å². The summed E-state index contributed by atoms with van der Waals surface area (Å²) >= 11 is 0. The fourth-order valence-corrected chi connectivity index (χ4v) is 4.22. The van der Waals surface area contributed by atoms with Gasteiger partial charge in [0.1, 0.15) is 11.5 Å². The van der Waals surface area contributed by atoms with Crippen LogP contribution in [0.3, 0.4) is 0 Å². The molecular formula is C24H36IN5O3. The molecule has 182 valence electrons. The first-order valence-electron chi connectivity index (χ1n) is 11.6. The summed E-state index contributed by atoms with van der Waals surface area (Å²) in [4.78, 5) is 9.66. The lowest BCUT2D eigenvalue weighted by Crippen LogP contribution is -2.46. The Morgan fingerprint density at radius 1 is 1.15 bits per heavy atom. The average molecular weight is 569 g/mol. The monoisotopic (exact) mass is 569 g/mol. The van der Waals surface area contributed by atoms with Crippen LogP contribution in [0.2, 0.25) is 0 Å². The normalized spacial score (nSPS) is 19.2. The zero-order valence-electron chi connectivity index (χ0n) is 19.4. The van der Waals surface area contributed by atoms with E-state index in [1.165, 1.54) is 0 Å². The van der Waals surface area contributed by atoms with Crippen molar-refractivity contribution in [3.63, 3.8) is 0 Å². The van der Waals surface area contributed by atoms with Crippen molar-refractivity contribution < 1.29 is 13.9 Å². The van der Waals surface area contributed by atoms with Crippen molar-refractivity contribution in [2.24, 2.45) is 4.99 Å². The molecule has 4 rings (SSSR count). The third-order valence-corrected chi connectivity index (χ3v) is 5.99. The van der Waals surface area contributed by atoms with Crippen molar-refractivity contribution in [1.29, 1.82) is 0 Å². The number of halogens is 1. The number of guanidine groups is 1. The Morgan fingerprint density at radius 3 is 2.79 bits per heavy atom. The van der Waals surface area contributed by atoms with Gasteiger partial charge in [-0.2, -0.15) is 0 Å². The second kappa shape index (κ2) is 13.7. The van der Waals surface area contributed by atoms with Crippen LogP contribution in [0.1, 0.15) is 12.2 Å². The quantitative estimate of drug-likeness (QED) is 0.273. The predicted octanol–water partition coefficient (Wildman–Crippen LogP) is 2.60.